The van der Waals surface area contributed by atoms with Crippen molar-refractivity contribution in [1.29, 1.82) is 0 Å². The second-order valence-corrected chi connectivity index (χ2v) is 5.85. The Morgan fingerprint density at radius 2 is 1.67 bits per heavy atom. The summed E-state index contributed by atoms with van der Waals surface area (Å²) in [5.41, 5.74) is 0.827. The van der Waals surface area contributed by atoms with E-state index in [1.54, 1.807) is 0 Å². The first-order chi connectivity index (χ1) is 8.75. The Hall–Kier alpha value is -0.670. The number of carbonyl (C=O) groups is 1. The Morgan fingerprint density at radius 1 is 1.06 bits per heavy atom. The third-order valence-electron chi connectivity index (χ3n) is 3.52. The van der Waals surface area contributed by atoms with Crippen molar-refractivity contribution in [2.45, 2.75) is 32.1 Å². The highest BCUT2D eigenvalue weighted by Gasteiger charge is 2.11. The SMILES string of the molecule is O=C(CCN1CCCCCC1)c1ccc(Br)cc1. The van der Waals surface area contributed by atoms with Gasteiger partial charge in [0.2, 0.25) is 0 Å². The molecule has 0 aromatic heterocycles. The molecule has 0 radical (unpaired) electrons. The van der Waals surface area contributed by atoms with Crippen molar-refractivity contribution >= 4 is 21.7 Å². The molecule has 1 heterocycles. The van der Waals surface area contributed by atoms with Crippen LogP contribution < -0.4 is 0 Å². The topological polar surface area (TPSA) is 20.3 Å². The highest BCUT2D eigenvalue weighted by molar-refractivity contribution is 9.10. The van der Waals surface area contributed by atoms with Gasteiger partial charge in [-0.3, -0.25) is 4.79 Å². The monoisotopic (exact) mass is 309 g/mol. The van der Waals surface area contributed by atoms with Gasteiger partial charge in [-0.25, -0.2) is 0 Å². The Labute approximate surface area is 117 Å². The number of hydrogen-bond donors (Lipinski definition) is 0. The lowest BCUT2D eigenvalue weighted by Gasteiger charge is -2.18. The van der Waals surface area contributed by atoms with Crippen LogP contribution in [0.25, 0.3) is 0 Å². The summed E-state index contributed by atoms with van der Waals surface area (Å²) in [4.78, 5) is 14.5. The molecule has 1 aliphatic heterocycles. The second kappa shape index (κ2) is 7.05. The number of nitrogens with zero attached hydrogens (tertiary/aromatic N) is 1. The van der Waals surface area contributed by atoms with Crippen molar-refractivity contribution in [3.8, 4) is 0 Å². The first-order valence-electron chi connectivity index (χ1n) is 6.77. The predicted octanol–water partition coefficient (Wildman–Crippen LogP) is 3.90. The first-order valence-corrected chi connectivity index (χ1v) is 7.56. The van der Waals surface area contributed by atoms with Crippen molar-refractivity contribution in [1.82, 2.24) is 4.90 Å². The van der Waals surface area contributed by atoms with Crippen LogP contribution in [-0.2, 0) is 0 Å². The van der Waals surface area contributed by atoms with Gasteiger partial charge >= 0.3 is 0 Å². The minimum absolute atomic E-state index is 0.256. The van der Waals surface area contributed by atoms with E-state index in [1.807, 2.05) is 24.3 Å². The molecule has 2 rings (SSSR count). The molecule has 0 unspecified atom stereocenters. The molecule has 1 aromatic rings. The fourth-order valence-corrected chi connectivity index (χ4v) is 2.66. The number of carbonyl (C=O) groups excluding carboxylic acids is 1. The Balaban J connectivity index is 1.82. The number of ketones is 1. The number of likely N-dealkylation sites (tertiary alicyclic amines) is 1. The van der Waals surface area contributed by atoms with Crippen molar-refractivity contribution in [3.05, 3.63) is 34.3 Å². The van der Waals surface area contributed by atoms with E-state index in [0.717, 1.165) is 29.7 Å². The number of halogens is 1. The maximum Gasteiger partial charge on any atom is 0.164 e. The Bertz CT molecular complexity index is 380. The minimum Gasteiger partial charge on any atom is -0.303 e. The average molecular weight is 310 g/mol. The summed E-state index contributed by atoms with van der Waals surface area (Å²) in [5, 5.41) is 0. The third kappa shape index (κ3) is 4.21. The lowest BCUT2D eigenvalue weighted by Crippen LogP contribution is -2.27. The zero-order valence-electron chi connectivity index (χ0n) is 10.7. The van der Waals surface area contributed by atoms with Crippen molar-refractivity contribution in [2.75, 3.05) is 19.6 Å². The van der Waals surface area contributed by atoms with E-state index in [1.165, 1.54) is 25.7 Å². The van der Waals surface area contributed by atoms with E-state index in [0.29, 0.717) is 6.42 Å². The third-order valence-corrected chi connectivity index (χ3v) is 4.05. The normalized spacial score (nSPS) is 17.4. The highest BCUT2D eigenvalue weighted by Crippen LogP contribution is 2.13. The quantitative estimate of drug-likeness (QED) is 0.786. The van der Waals surface area contributed by atoms with Crippen LogP contribution in [0.5, 0.6) is 0 Å². The number of rotatable bonds is 4. The van der Waals surface area contributed by atoms with Gasteiger partial charge in [0.25, 0.3) is 0 Å². The summed E-state index contributed by atoms with van der Waals surface area (Å²) in [6, 6.07) is 7.65. The molecule has 0 N–H and O–H groups in total. The van der Waals surface area contributed by atoms with Gasteiger partial charge in [-0.05, 0) is 38.1 Å². The van der Waals surface area contributed by atoms with Crippen molar-refractivity contribution < 1.29 is 4.79 Å². The molecule has 0 atom stereocenters. The summed E-state index contributed by atoms with van der Waals surface area (Å²) in [6.07, 6.45) is 5.90. The Kier molecular flexibility index (Phi) is 5.39. The smallest absolute Gasteiger partial charge is 0.164 e. The van der Waals surface area contributed by atoms with E-state index in [2.05, 4.69) is 20.8 Å². The lowest BCUT2D eigenvalue weighted by atomic mass is 10.1. The molecule has 0 amide bonds. The molecule has 18 heavy (non-hydrogen) atoms. The number of benzene rings is 1. The summed E-state index contributed by atoms with van der Waals surface area (Å²) in [5.74, 6) is 0.256. The van der Waals surface area contributed by atoms with E-state index in [4.69, 9.17) is 0 Å². The zero-order valence-corrected chi connectivity index (χ0v) is 12.3. The largest absolute Gasteiger partial charge is 0.303 e. The first kappa shape index (κ1) is 13.8. The van der Waals surface area contributed by atoms with E-state index in [9.17, 15) is 4.79 Å². The van der Waals surface area contributed by atoms with Gasteiger partial charge < -0.3 is 4.90 Å². The van der Waals surface area contributed by atoms with Gasteiger partial charge in [0.1, 0.15) is 0 Å². The summed E-state index contributed by atoms with van der Waals surface area (Å²) in [7, 11) is 0. The molecule has 1 saturated heterocycles. The van der Waals surface area contributed by atoms with Crippen molar-refractivity contribution in [2.24, 2.45) is 0 Å². The van der Waals surface area contributed by atoms with Gasteiger partial charge in [-0.15, -0.1) is 0 Å². The lowest BCUT2D eigenvalue weighted by molar-refractivity contribution is 0.0965. The van der Waals surface area contributed by atoms with Gasteiger partial charge in [0.15, 0.2) is 5.78 Å². The number of Topliss-reactive ketones (excluding diaryl/α,β-unsaturated/α-hetero) is 1. The maximum atomic E-state index is 12.0. The van der Waals surface area contributed by atoms with Crippen LogP contribution in [0.2, 0.25) is 0 Å². The summed E-state index contributed by atoms with van der Waals surface area (Å²) < 4.78 is 1.02. The standard InChI is InChI=1S/C15H20BrNO/c16-14-7-5-13(6-8-14)15(18)9-12-17-10-3-1-2-4-11-17/h5-8H,1-4,9-12H2. The summed E-state index contributed by atoms with van der Waals surface area (Å²) >= 11 is 3.39. The molecule has 0 bridgehead atoms. The fraction of sp³-hybridized carbons (Fsp3) is 0.533. The molecule has 98 valence electrons. The van der Waals surface area contributed by atoms with E-state index in [-0.39, 0.29) is 5.78 Å². The van der Waals surface area contributed by atoms with Crippen LogP contribution in [0, 0.1) is 0 Å². The molecule has 1 aromatic carbocycles. The van der Waals surface area contributed by atoms with Crippen LogP contribution >= 0.6 is 15.9 Å². The maximum absolute atomic E-state index is 12.0. The van der Waals surface area contributed by atoms with Gasteiger partial charge in [-0.2, -0.15) is 0 Å². The van der Waals surface area contributed by atoms with Gasteiger partial charge in [-0.1, -0.05) is 40.9 Å². The zero-order chi connectivity index (χ0) is 12.8. The highest BCUT2D eigenvalue weighted by atomic mass is 79.9. The molecular formula is C15H20BrNO. The second-order valence-electron chi connectivity index (χ2n) is 4.94. The molecular weight excluding hydrogens is 290 g/mol. The molecule has 0 saturated carbocycles. The van der Waals surface area contributed by atoms with Crippen LogP contribution in [0.15, 0.2) is 28.7 Å². The minimum atomic E-state index is 0.256. The van der Waals surface area contributed by atoms with Crippen LogP contribution in [0.4, 0.5) is 0 Å². The Morgan fingerprint density at radius 3 is 2.28 bits per heavy atom. The molecule has 1 fully saturated rings. The van der Waals surface area contributed by atoms with Gasteiger partial charge in [0.05, 0.1) is 0 Å². The molecule has 0 aliphatic carbocycles. The van der Waals surface area contributed by atoms with Crippen LogP contribution in [0.3, 0.4) is 0 Å². The predicted molar refractivity (Wildman–Crippen MR) is 78.0 cm³/mol. The molecule has 2 nitrogen and oxygen atoms in total. The molecule has 1 aliphatic rings. The fourth-order valence-electron chi connectivity index (χ4n) is 2.40. The summed E-state index contributed by atoms with van der Waals surface area (Å²) in [6.45, 7) is 3.23. The van der Waals surface area contributed by atoms with Crippen LogP contribution in [-0.4, -0.2) is 30.3 Å². The average Bonchev–Trinajstić information content (AvgIpc) is 2.65. The van der Waals surface area contributed by atoms with Gasteiger partial charge in [0, 0.05) is 23.0 Å². The number of hydrogen-bond acceptors (Lipinski definition) is 2. The van der Waals surface area contributed by atoms with Crippen LogP contribution in [0.1, 0.15) is 42.5 Å². The van der Waals surface area contributed by atoms with E-state index >= 15 is 0 Å². The molecule has 3 heteroatoms. The molecule has 0 spiro atoms. The van der Waals surface area contributed by atoms with Crippen molar-refractivity contribution in [3.63, 3.8) is 0 Å². The van der Waals surface area contributed by atoms with E-state index < -0.39 is 0 Å².